The topological polar surface area (TPSA) is 77.3 Å². The minimum absolute atomic E-state index is 0.00539. The lowest BCUT2D eigenvalue weighted by Gasteiger charge is -1.95. The molecule has 0 aliphatic carbocycles. The van der Waals surface area contributed by atoms with Gasteiger partial charge in [0.25, 0.3) is 0 Å². The highest BCUT2D eigenvalue weighted by Gasteiger charge is 1.95. The van der Waals surface area contributed by atoms with Crippen LogP contribution in [0.3, 0.4) is 0 Å². The molecular weight excluding hydrogens is 218 g/mol. The van der Waals surface area contributed by atoms with Crippen LogP contribution in [-0.4, -0.2) is 13.3 Å². The van der Waals surface area contributed by atoms with Crippen molar-refractivity contribution in [3.63, 3.8) is 0 Å². The highest BCUT2D eigenvalue weighted by molar-refractivity contribution is 7.71. The van der Waals surface area contributed by atoms with E-state index in [0.717, 1.165) is 6.20 Å². The Kier molecular flexibility index (Phi) is 3.99. The monoisotopic (exact) mass is 227 g/mol. The molecule has 0 N–H and O–H groups in total. The van der Waals surface area contributed by atoms with Gasteiger partial charge in [-0.1, -0.05) is 24.3 Å². The lowest BCUT2D eigenvalue weighted by atomic mass is 10.1. The second-order valence-corrected chi connectivity index (χ2v) is 3.82. The largest absolute Gasteiger partial charge is 0.259 e. The van der Waals surface area contributed by atoms with Gasteiger partial charge in [0.15, 0.2) is 0 Å². The molecule has 1 aromatic rings. The molecule has 0 atom stereocenters. The summed E-state index contributed by atoms with van der Waals surface area (Å²) in [6.45, 7) is 0. The van der Waals surface area contributed by atoms with Gasteiger partial charge < -0.3 is 0 Å². The summed E-state index contributed by atoms with van der Waals surface area (Å²) in [5.74, 6) is -0.00539. The number of benzene rings is 1. The van der Waals surface area contributed by atoms with E-state index in [0.29, 0.717) is 11.1 Å². The van der Waals surface area contributed by atoms with E-state index in [9.17, 15) is 18.5 Å². The van der Waals surface area contributed by atoms with Crippen LogP contribution in [0, 0.1) is 10.1 Å². The zero-order chi connectivity index (χ0) is 11.3. The van der Waals surface area contributed by atoms with Crippen molar-refractivity contribution in [2.75, 3.05) is 0 Å². The van der Waals surface area contributed by atoms with Crippen LogP contribution in [0.2, 0.25) is 0 Å². The Labute approximate surface area is 88.1 Å². The fourth-order valence-electron chi connectivity index (χ4n) is 1.03. The first-order valence-electron chi connectivity index (χ1n) is 4.10. The molecule has 15 heavy (non-hydrogen) atoms. The third-order valence-corrected chi connectivity index (χ3v) is 2.30. The van der Waals surface area contributed by atoms with Crippen molar-refractivity contribution in [2.45, 2.75) is 5.75 Å². The van der Waals surface area contributed by atoms with E-state index >= 15 is 0 Å². The summed E-state index contributed by atoms with van der Waals surface area (Å²) < 4.78 is 20.8. The van der Waals surface area contributed by atoms with Gasteiger partial charge in [-0.2, -0.15) is 0 Å². The lowest BCUT2D eigenvalue weighted by molar-refractivity contribution is -0.400. The number of nitrogens with zero attached hydrogens (tertiary/aromatic N) is 1. The Hall–Kier alpha value is -1.69. The van der Waals surface area contributed by atoms with Gasteiger partial charge in [0.05, 0.1) is 10.7 Å². The standard InChI is InChI=1S/C9H9NO4S/c11-10(12)6-5-8-1-3-9(4-2-8)7-15(13)14/h1-6,15H,7H2. The summed E-state index contributed by atoms with van der Waals surface area (Å²) in [6.07, 6.45) is 2.18. The van der Waals surface area contributed by atoms with Crippen molar-refractivity contribution in [1.29, 1.82) is 0 Å². The Bertz CT molecular complexity index is 440. The van der Waals surface area contributed by atoms with E-state index in [1.165, 1.54) is 6.08 Å². The first kappa shape index (κ1) is 11.4. The molecule has 6 heteroatoms. The van der Waals surface area contributed by atoms with Gasteiger partial charge in [-0.05, 0) is 11.1 Å². The van der Waals surface area contributed by atoms with Crippen LogP contribution in [0.1, 0.15) is 11.1 Å². The van der Waals surface area contributed by atoms with Crippen molar-refractivity contribution < 1.29 is 13.3 Å². The van der Waals surface area contributed by atoms with Crippen molar-refractivity contribution >= 4 is 16.8 Å². The molecule has 0 aromatic heterocycles. The summed E-state index contributed by atoms with van der Waals surface area (Å²) in [5.41, 5.74) is 1.33. The van der Waals surface area contributed by atoms with E-state index in [1.54, 1.807) is 24.3 Å². The highest BCUT2D eigenvalue weighted by atomic mass is 32.2. The molecule has 80 valence electrons. The molecule has 0 radical (unpaired) electrons. The third kappa shape index (κ3) is 4.37. The molecule has 1 aromatic carbocycles. The number of hydrogen-bond acceptors (Lipinski definition) is 4. The summed E-state index contributed by atoms with van der Waals surface area (Å²) >= 11 is 0. The second kappa shape index (κ2) is 5.26. The van der Waals surface area contributed by atoms with E-state index in [-0.39, 0.29) is 5.75 Å². The zero-order valence-corrected chi connectivity index (χ0v) is 8.59. The molecule has 0 aliphatic heterocycles. The van der Waals surface area contributed by atoms with Gasteiger partial charge in [0.1, 0.15) is 10.7 Å². The molecule has 0 saturated carbocycles. The maximum absolute atomic E-state index is 10.4. The van der Waals surface area contributed by atoms with Gasteiger partial charge in [-0.15, -0.1) is 0 Å². The molecule has 0 bridgehead atoms. The smallest absolute Gasteiger partial charge is 0.235 e. The SMILES string of the molecule is O=[N+]([O-])C=Cc1ccc(C[SH](=O)=O)cc1. The Balaban J connectivity index is 2.76. The van der Waals surface area contributed by atoms with Crippen molar-refractivity contribution in [1.82, 2.24) is 0 Å². The van der Waals surface area contributed by atoms with Crippen LogP contribution in [-0.2, 0) is 16.5 Å². The fourth-order valence-corrected chi connectivity index (χ4v) is 1.54. The summed E-state index contributed by atoms with van der Waals surface area (Å²) in [7, 11) is -2.43. The Morgan fingerprint density at radius 3 is 2.33 bits per heavy atom. The van der Waals surface area contributed by atoms with Crippen LogP contribution in [0.4, 0.5) is 0 Å². The average molecular weight is 227 g/mol. The van der Waals surface area contributed by atoms with Crippen LogP contribution >= 0.6 is 0 Å². The normalized spacial score (nSPS) is 11.0. The number of nitro groups is 1. The van der Waals surface area contributed by atoms with Crippen molar-refractivity contribution in [3.05, 3.63) is 51.7 Å². The minimum atomic E-state index is -2.43. The molecule has 1 rings (SSSR count). The molecule has 5 nitrogen and oxygen atoms in total. The molecule has 0 spiro atoms. The third-order valence-electron chi connectivity index (χ3n) is 1.68. The first-order valence-corrected chi connectivity index (χ1v) is 5.46. The number of rotatable bonds is 4. The average Bonchev–Trinajstić information content (AvgIpc) is 2.16. The quantitative estimate of drug-likeness (QED) is 0.473. The fraction of sp³-hybridized carbons (Fsp3) is 0.111. The maximum atomic E-state index is 10.4. The summed E-state index contributed by atoms with van der Waals surface area (Å²) in [4.78, 5) is 9.47. The predicted octanol–water partition coefficient (Wildman–Crippen LogP) is 1.05. The molecule has 0 aliphatic rings. The second-order valence-electron chi connectivity index (χ2n) is 2.83. The predicted molar refractivity (Wildman–Crippen MR) is 56.5 cm³/mol. The van der Waals surface area contributed by atoms with Crippen LogP contribution in [0.25, 0.3) is 6.08 Å². The van der Waals surface area contributed by atoms with Crippen LogP contribution in [0.15, 0.2) is 30.5 Å². The summed E-state index contributed by atoms with van der Waals surface area (Å²) in [5, 5.41) is 10.0. The number of hydrogen-bond donors (Lipinski definition) is 1. The molecular formula is C9H9NO4S. The van der Waals surface area contributed by atoms with E-state index < -0.39 is 15.6 Å². The van der Waals surface area contributed by atoms with Gasteiger partial charge in [0.2, 0.25) is 6.20 Å². The van der Waals surface area contributed by atoms with Crippen molar-refractivity contribution in [3.8, 4) is 0 Å². The van der Waals surface area contributed by atoms with Crippen LogP contribution in [0.5, 0.6) is 0 Å². The Morgan fingerprint density at radius 1 is 1.27 bits per heavy atom. The van der Waals surface area contributed by atoms with Gasteiger partial charge >= 0.3 is 0 Å². The van der Waals surface area contributed by atoms with Crippen LogP contribution < -0.4 is 0 Å². The first-order chi connectivity index (χ1) is 7.08. The summed E-state index contributed by atoms with van der Waals surface area (Å²) in [6, 6.07) is 6.53. The van der Waals surface area contributed by atoms with E-state index in [2.05, 4.69) is 0 Å². The number of thiol groups is 1. The van der Waals surface area contributed by atoms with E-state index in [4.69, 9.17) is 0 Å². The molecule has 0 saturated heterocycles. The molecule has 0 unspecified atom stereocenters. The molecule has 0 fully saturated rings. The Morgan fingerprint density at radius 2 is 1.87 bits per heavy atom. The highest BCUT2D eigenvalue weighted by Crippen LogP contribution is 2.06. The lowest BCUT2D eigenvalue weighted by Crippen LogP contribution is -1.87. The molecule has 0 heterocycles. The molecule has 0 amide bonds. The van der Waals surface area contributed by atoms with Gasteiger partial charge in [-0.25, -0.2) is 8.42 Å². The zero-order valence-electron chi connectivity index (χ0n) is 7.70. The minimum Gasteiger partial charge on any atom is -0.259 e. The van der Waals surface area contributed by atoms with E-state index in [1.807, 2.05) is 0 Å². The van der Waals surface area contributed by atoms with Gasteiger partial charge in [0, 0.05) is 6.08 Å². The van der Waals surface area contributed by atoms with Gasteiger partial charge in [-0.3, -0.25) is 10.1 Å². The maximum Gasteiger partial charge on any atom is 0.235 e. The van der Waals surface area contributed by atoms with Crippen molar-refractivity contribution in [2.24, 2.45) is 0 Å².